The van der Waals surface area contributed by atoms with Gasteiger partial charge in [0.2, 0.25) is 0 Å². The highest BCUT2D eigenvalue weighted by atomic mass is 35.5. The van der Waals surface area contributed by atoms with Crippen LogP contribution in [0.25, 0.3) is 0 Å². The Balaban J connectivity index is 2.02. The molecular formula is C11H13Cl2NS. The second-order valence-corrected chi connectivity index (χ2v) is 5.96. The number of hydrogen-bond donors (Lipinski definition) is 1. The molecule has 15 heavy (non-hydrogen) atoms. The zero-order chi connectivity index (χ0) is 10.7. The van der Waals surface area contributed by atoms with Crippen LogP contribution in [0.5, 0.6) is 0 Å². The van der Waals surface area contributed by atoms with E-state index in [-0.39, 0.29) is 0 Å². The Kier molecular flexibility index (Phi) is 4.21. The molecular weight excluding hydrogens is 249 g/mol. The standard InChI is InChI=1S/C11H13Cl2NS/c12-9-3-8(4-10(13)6-9)5-11-7-14-1-2-15-11/h3-4,6,11,14H,1-2,5,7H2. The van der Waals surface area contributed by atoms with E-state index in [1.165, 1.54) is 11.3 Å². The van der Waals surface area contributed by atoms with Gasteiger partial charge in [0.05, 0.1) is 0 Å². The monoisotopic (exact) mass is 261 g/mol. The highest BCUT2D eigenvalue weighted by molar-refractivity contribution is 8.00. The lowest BCUT2D eigenvalue weighted by atomic mass is 10.1. The fourth-order valence-corrected chi connectivity index (χ4v) is 3.46. The molecule has 1 N–H and O–H groups in total. The maximum absolute atomic E-state index is 5.96. The average Bonchev–Trinajstić information content (AvgIpc) is 2.17. The molecule has 0 radical (unpaired) electrons. The Bertz CT molecular complexity index is 317. The summed E-state index contributed by atoms with van der Waals surface area (Å²) in [6, 6.07) is 5.78. The summed E-state index contributed by atoms with van der Waals surface area (Å²) in [6.07, 6.45) is 1.04. The molecule has 0 aliphatic carbocycles. The topological polar surface area (TPSA) is 12.0 Å². The van der Waals surface area contributed by atoms with Crippen LogP contribution in [-0.4, -0.2) is 24.1 Å². The van der Waals surface area contributed by atoms with Gasteiger partial charge in [0, 0.05) is 34.1 Å². The SMILES string of the molecule is Clc1cc(Cl)cc(CC2CNCCS2)c1. The minimum Gasteiger partial charge on any atom is -0.315 e. The van der Waals surface area contributed by atoms with Gasteiger partial charge in [0.25, 0.3) is 0 Å². The van der Waals surface area contributed by atoms with E-state index in [0.29, 0.717) is 5.25 Å². The molecule has 1 aliphatic rings. The van der Waals surface area contributed by atoms with E-state index in [4.69, 9.17) is 23.2 Å². The molecule has 1 unspecified atom stereocenters. The number of halogens is 2. The van der Waals surface area contributed by atoms with Crippen LogP contribution < -0.4 is 5.32 Å². The summed E-state index contributed by atoms with van der Waals surface area (Å²) in [5.41, 5.74) is 1.23. The van der Waals surface area contributed by atoms with E-state index in [1.807, 2.05) is 23.9 Å². The van der Waals surface area contributed by atoms with Gasteiger partial charge in [0.1, 0.15) is 0 Å². The van der Waals surface area contributed by atoms with Crippen LogP contribution in [-0.2, 0) is 6.42 Å². The minimum atomic E-state index is 0.647. The molecule has 1 fully saturated rings. The molecule has 1 aromatic rings. The lowest BCUT2D eigenvalue weighted by Gasteiger charge is -2.22. The molecule has 0 aromatic heterocycles. The molecule has 4 heteroatoms. The van der Waals surface area contributed by atoms with Gasteiger partial charge in [-0.3, -0.25) is 0 Å². The van der Waals surface area contributed by atoms with E-state index in [1.54, 1.807) is 6.07 Å². The molecule has 2 rings (SSSR count). The van der Waals surface area contributed by atoms with Gasteiger partial charge in [-0.2, -0.15) is 11.8 Å². The highest BCUT2D eigenvalue weighted by Gasteiger charge is 2.14. The Morgan fingerprint density at radius 3 is 2.60 bits per heavy atom. The molecule has 1 heterocycles. The first-order valence-corrected chi connectivity index (χ1v) is 6.82. The normalized spacial score (nSPS) is 21.6. The van der Waals surface area contributed by atoms with Crippen LogP contribution in [0, 0.1) is 0 Å². The van der Waals surface area contributed by atoms with Crippen LogP contribution >= 0.6 is 35.0 Å². The predicted octanol–water partition coefficient (Wildman–Crippen LogP) is 3.24. The van der Waals surface area contributed by atoms with Crippen LogP contribution in [0.4, 0.5) is 0 Å². The van der Waals surface area contributed by atoms with Crippen LogP contribution in [0.3, 0.4) is 0 Å². The van der Waals surface area contributed by atoms with Crippen LogP contribution in [0.1, 0.15) is 5.56 Å². The second kappa shape index (κ2) is 5.44. The number of benzene rings is 1. The van der Waals surface area contributed by atoms with E-state index in [0.717, 1.165) is 29.6 Å². The molecule has 82 valence electrons. The fourth-order valence-electron chi connectivity index (χ4n) is 1.74. The average molecular weight is 262 g/mol. The summed E-state index contributed by atoms with van der Waals surface area (Å²) in [5, 5.41) is 5.50. The third-order valence-corrected chi connectivity index (χ3v) is 4.07. The van der Waals surface area contributed by atoms with E-state index in [9.17, 15) is 0 Å². The minimum absolute atomic E-state index is 0.647. The number of thioether (sulfide) groups is 1. The quantitative estimate of drug-likeness (QED) is 0.878. The van der Waals surface area contributed by atoms with Gasteiger partial charge < -0.3 is 5.32 Å². The second-order valence-electron chi connectivity index (χ2n) is 3.68. The molecule has 0 saturated carbocycles. The van der Waals surface area contributed by atoms with Crippen molar-refractivity contribution in [1.82, 2.24) is 5.32 Å². The third kappa shape index (κ3) is 3.56. The Morgan fingerprint density at radius 2 is 2.00 bits per heavy atom. The summed E-state index contributed by atoms with van der Waals surface area (Å²) in [5.74, 6) is 1.19. The smallest absolute Gasteiger partial charge is 0.0423 e. The molecule has 0 spiro atoms. The number of hydrogen-bond acceptors (Lipinski definition) is 2. The summed E-state index contributed by atoms with van der Waals surface area (Å²) < 4.78 is 0. The van der Waals surface area contributed by atoms with Crippen LogP contribution in [0.15, 0.2) is 18.2 Å². The van der Waals surface area contributed by atoms with Crippen molar-refractivity contribution in [3.8, 4) is 0 Å². The third-order valence-electron chi connectivity index (χ3n) is 2.39. The first kappa shape index (κ1) is 11.6. The Labute approximate surface area is 105 Å². The van der Waals surface area contributed by atoms with Gasteiger partial charge >= 0.3 is 0 Å². The van der Waals surface area contributed by atoms with Crippen molar-refractivity contribution in [2.75, 3.05) is 18.8 Å². The lowest BCUT2D eigenvalue weighted by molar-refractivity contribution is 0.666. The molecule has 1 nitrogen and oxygen atoms in total. The summed E-state index contributed by atoms with van der Waals surface area (Å²) in [4.78, 5) is 0. The van der Waals surface area contributed by atoms with E-state index >= 15 is 0 Å². The maximum atomic E-state index is 5.96. The zero-order valence-corrected chi connectivity index (χ0v) is 10.6. The van der Waals surface area contributed by atoms with E-state index < -0.39 is 0 Å². The molecule has 1 aromatic carbocycles. The Hall–Kier alpha value is 0.110. The zero-order valence-electron chi connectivity index (χ0n) is 8.30. The Morgan fingerprint density at radius 1 is 1.27 bits per heavy atom. The van der Waals surface area contributed by atoms with Crippen molar-refractivity contribution in [1.29, 1.82) is 0 Å². The van der Waals surface area contributed by atoms with E-state index in [2.05, 4.69) is 5.32 Å². The van der Waals surface area contributed by atoms with Crippen LogP contribution in [0.2, 0.25) is 10.0 Å². The first-order chi connectivity index (χ1) is 7.24. The van der Waals surface area contributed by atoms with Crippen molar-refractivity contribution in [3.05, 3.63) is 33.8 Å². The lowest BCUT2D eigenvalue weighted by Crippen LogP contribution is -2.33. The maximum Gasteiger partial charge on any atom is 0.0423 e. The van der Waals surface area contributed by atoms with Gasteiger partial charge in [-0.15, -0.1) is 0 Å². The molecule has 1 saturated heterocycles. The van der Waals surface area contributed by atoms with Gasteiger partial charge in [-0.05, 0) is 30.2 Å². The fraction of sp³-hybridized carbons (Fsp3) is 0.455. The van der Waals surface area contributed by atoms with Gasteiger partial charge in [-0.1, -0.05) is 23.2 Å². The number of nitrogens with one attached hydrogen (secondary N) is 1. The molecule has 1 aliphatic heterocycles. The van der Waals surface area contributed by atoms with Crippen molar-refractivity contribution in [3.63, 3.8) is 0 Å². The van der Waals surface area contributed by atoms with Gasteiger partial charge in [0.15, 0.2) is 0 Å². The summed E-state index contributed by atoms with van der Waals surface area (Å²) >= 11 is 13.9. The first-order valence-electron chi connectivity index (χ1n) is 5.01. The predicted molar refractivity (Wildman–Crippen MR) is 69.3 cm³/mol. The largest absolute Gasteiger partial charge is 0.315 e. The summed E-state index contributed by atoms with van der Waals surface area (Å²) in [6.45, 7) is 2.20. The molecule has 1 atom stereocenters. The van der Waals surface area contributed by atoms with Crippen molar-refractivity contribution in [2.24, 2.45) is 0 Å². The van der Waals surface area contributed by atoms with Gasteiger partial charge in [-0.25, -0.2) is 0 Å². The molecule has 0 amide bonds. The summed E-state index contributed by atoms with van der Waals surface area (Å²) in [7, 11) is 0. The highest BCUT2D eigenvalue weighted by Crippen LogP contribution is 2.23. The van der Waals surface area contributed by atoms with Crippen molar-refractivity contribution in [2.45, 2.75) is 11.7 Å². The van der Waals surface area contributed by atoms with Crippen molar-refractivity contribution < 1.29 is 0 Å². The van der Waals surface area contributed by atoms with Crippen molar-refractivity contribution >= 4 is 35.0 Å². The number of rotatable bonds is 2. The molecule has 0 bridgehead atoms.